The molecule has 2 N–H and O–H groups in total. The van der Waals surface area contributed by atoms with E-state index < -0.39 is 30.2 Å². The van der Waals surface area contributed by atoms with Crippen LogP contribution >= 0.6 is 34.5 Å². The first-order valence-electron chi connectivity index (χ1n) is 13.2. The zero-order valence-electron chi connectivity index (χ0n) is 23.8. The zero-order valence-corrected chi connectivity index (χ0v) is 26.1. The maximum absolute atomic E-state index is 15.5. The third-order valence-electron chi connectivity index (χ3n) is 6.67. The fourth-order valence-corrected chi connectivity index (χ4v) is 5.92. The molecule has 0 saturated carbocycles. The van der Waals surface area contributed by atoms with E-state index >= 15 is 4.39 Å². The predicted octanol–water partition coefficient (Wildman–Crippen LogP) is 6.86. The van der Waals surface area contributed by atoms with Crippen LogP contribution in [0.3, 0.4) is 0 Å². The van der Waals surface area contributed by atoms with Gasteiger partial charge in [0.1, 0.15) is 34.0 Å². The van der Waals surface area contributed by atoms with Crippen LogP contribution < -0.4 is 19.1 Å². The second-order valence-corrected chi connectivity index (χ2v) is 11.7. The summed E-state index contributed by atoms with van der Waals surface area (Å²) in [6.45, 7) is 4.73. The van der Waals surface area contributed by atoms with E-state index in [2.05, 4.69) is 19.9 Å². The van der Waals surface area contributed by atoms with E-state index in [1.54, 1.807) is 52.3 Å². The summed E-state index contributed by atoms with van der Waals surface area (Å²) in [4.78, 5) is 30.3. The topological polar surface area (TPSA) is 140 Å². The van der Waals surface area contributed by atoms with E-state index in [-0.39, 0.29) is 34.6 Å². The van der Waals surface area contributed by atoms with Gasteiger partial charge in [0.2, 0.25) is 0 Å². The first-order valence-corrected chi connectivity index (χ1v) is 14.8. The number of amides is 1. The van der Waals surface area contributed by atoms with Crippen molar-refractivity contribution in [2.75, 3.05) is 18.6 Å². The summed E-state index contributed by atoms with van der Waals surface area (Å²) in [5, 5.41) is 20.8. The molecule has 0 aliphatic carbocycles. The highest BCUT2D eigenvalue weighted by Gasteiger charge is 2.30. The van der Waals surface area contributed by atoms with E-state index in [1.807, 2.05) is 0 Å². The normalized spacial score (nSPS) is 13.5. The second-order valence-electron chi connectivity index (χ2n) is 9.87. The zero-order chi connectivity index (χ0) is 31.7. The highest BCUT2D eigenvalue weighted by atomic mass is 35.5. The number of pyridine rings is 1. The number of anilines is 1. The van der Waals surface area contributed by atoms with Gasteiger partial charge in [-0.05, 0) is 39.0 Å². The minimum absolute atomic E-state index is 0.0211. The SMILES string of the molecule is COc1cnc2c(-c3nc4c(Cl)c(F)c(OC(C)C(C)N(C(=O)O)c5cnc(OC[C@@H](C)O)nc5)cc4s3)cc(Cl)cc2c1. The maximum atomic E-state index is 15.5. The summed E-state index contributed by atoms with van der Waals surface area (Å²) in [7, 11) is 1.54. The Morgan fingerprint density at radius 2 is 1.80 bits per heavy atom. The molecule has 1 amide bonds. The number of ether oxygens (including phenoxy) is 3. The van der Waals surface area contributed by atoms with Gasteiger partial charge in [-0.2, -0.15) is 0 Å². The molecule has 0 aliphatic heterocycles. The first-order chi connectivity index (χ1) is 21.0. The number of benzene rings is 2. The number of fused-ring (bicyclic) bond motifs is 2. The predicted molar refractivity (Wildman–Crippen MR) is 166 cm³/mol. The molecule has 0 saturated heterocycles. The molecule has 2 unspecified atom stereocenters. The number of halogens is 3. The molecule has 3 aromatic heterocycles. The number of rotatable bonds is 10. The molecule has 3 heterocycles. The van der Waals surface area contributed by atoms with Crippen LogP contribution in [-0.2, 0) is 0 Å². The molecule has 0 radical (unpaired) electrons. The monoisotopic (exact) mass is 661 g/mol. The number of thiazole rings is 1. The van der Waals surface area contributed by atoms with Crippen molar-refractivity contribution in [2.24, 2.45) is 0 Å². The van der Waals surface area contributed by atoms with E-state index in [0.29, 0.717) is 31.6 Å². The number of carbonyl (C=O) groups is 1. The first kappa shape index (κ1) is 31.4. The van der Waals surface area contributed by atoms with Crippen molar-refractivity contribution in [3.63, 3.8) is 0 Å². The Morgan fingerprint density at radius 3 is 2.45 bits per heavy atom. The molecule has 0 spiro atoms. The quantitative estimate of drug-likeness (QED) is 0.163. The standard InChI is InChI=1S/C29H26Cl2FN5O6S/c1-13(38)12-42-28-34-9-18(10-35-28)37(29(39)40)14(2)15(3)43-21-8-22-26(23(31)24(21)32)36-27(44-22)20-7-17(30)5-16-6-19(41-4)11-33-25(16)20/h5-11,13-15,38H,12H2,1-4H3,(H,39,40)/t13-,14?,15?/m1/s1. The number of hydrogen-bond donors (Lipinski definition) is 2. The van der Waals surface area contributed by atoms with E-state index in [4.69, 9.17) is 37.4 Å². The minimum atomic E-state index is -1.30. The van der Waals surface area contributed by atoms with Gasteiger partial charge < -0.3 is 24.4 Å². The average molecular weight is 663 g/mol. The number of methoxy groups -OCH3 is 1. The molecule has 44 heavy (non-hydrogen) atoms. The Labute approximate surface area is 264 Å². The average Bonchev–Trinajstić information content (AvgIpc) is 3.42. The Morgan fingerprint density at radius 1 is 1.07 bits per heavy atom. The van der Waals surface area contributed by atoms with Gasteiger partial charge in [0.15, 0.2) is 11.6 Å². The molecule has 230 valence electrons. The molecule has 11 nitrogen and oxygen atoms in total. The fourth-order valence-electron chi connectivity index (χ4n) is 4.38. The molecule has 5 rings (SSSR count). The number of aliphatic hydroxyl groups excluding tert-OH is 1. The van der Waals surface area contributed by atoms with Gasteiger partial charge in [0, 0.05) is 22.0 Å². The largest absolute Gasteiger partial charge is 0.495 e. The van der Waals surface area contributed by atoms with Crippen LogP contribution in [0.4, 0.5) is 14.9 Å². The van der Waals surface area contributed by atoms with Crippen LogP contribution in [0.1, 0.15) is 20.8 Å². The van der Waals surface area contributed by atoms with Crippen LogP contribution in [0.2, 0.25) is 10.0 Å². The summed E-state index contributed by atoms with van der Waals surface area (Å²) in [5.74, 6) is -0.434. The molecular weight excluding hydrogens is 636 g/mol. The summed E-state index contributed by atoms with van der Waals surface area (Å²) >= 11 is 14.1. The van der Waals surface area contributed by atoms with Crippen molar-refractivity contribution in [2.45, 2.75) is 39.0 Å². The van der Waals surface area contributed by atoms with Gasteiger partial charge in [-0.1, -0.05) is 23.2 Å². The van der Waals surface area contributed by atoms with Crippen molar-refractivity contribution < 1.29 is 33.6 Å². The van der Waals surface area contributed by atoms with Gasteiger partial charge in [-0.25, -0.2) is 24.1 Å². The molecule has 2 aromatic carbocycles. The lowest BCUT2D eigenvalue weighted by Gasteiger charge is -2.30. The number of carboxylic acid groups (broad SMARTS) is 1. The summed E-state index contributed by atoms with van der Waals surface area (Å²) in [6.07, 6.45) is 1.26. The third kappa shape index (κ3) is 6.41. The van der Waals surface area contributed by atoms with Crippen LogP contribution in [0.15, 0.2) is 42.9 Å². The molecule has 0 aliphatic rings. The van der Waals surface area contributed by atoms with E-state index in [1.165, 1.54) is 29.8 Å². The number of aliphatic hydroxyl groups is 1. The van der Waals surface area contributed by atoms with Crippen LogP contribution in [0.25, 0.3) is 31.7 Å². The van der Waals surface area contributed by atoms with Gasteiger partial charge in [-0.3, -0.25) is 9.88 Å². The molecule has 0 bridgehead atoms. The molecular formula is C29H26Cl2FN5O6S. The summed E-state index contributed by atoms with van der Waals surface area (Å²) < 4.78 is 32.5. The van der Waals surface area contributed by atoms with Crippen molar-refractivity contribution >= 4 is 67.4 Å². The molecule has 0 fully saturated rings. The van der Waals surface area contributed by atoms with Crippen molar-refractivity contribution in [3.05, 3.63) is 58.7 Å². The van der Waals surface area contributed by atoms with E-state index in [9.17, 15) is 15.0 Å². The Balaban J connectivity index is 1.43. The van der Waals surface area contributed by atoms with Crippen molar-refractivity contribution in [3.8, 4) is 28.1 Å². The smallest absolute Gasteiger partial charge is 0.412 e. The van der Waals surface area contributed by atoms with Crippen LogP contribution in [0.5, 0.6) is 17.5 Å². The molecule has 3 atom stereocenters. The van der Waals surface area contributed by atoms with Crippen LogP contribution in [-0.4, -0.2) is 68.2 Å². The second kappa shape index (κ2) is 12.9. The van der Waals surface area contributed by atoms with Crippen LogP contribution in [0, 0.1) is 5.82 Å². The number of nitrogens with zero attached hydrogens (tertiary/aromatic N) is 5. The summed E-state index contributed by atoms with van der Waals surface area (Å²) in [5.41, 5.74) is 1.65. The Kier molecular flexibility index (Phi) is 9.20. The summed E-state index contributed by atoms with van der Waals surface area (Å²) in [6, 6.07) is 5.93. The highest BCUT2D eigenvalue weighted by molar-refractivity contribution is 7.21. The fraction of sp³-hybridized carbons (Fsp3) is 0.276. The van der Waals surface area contributed by atoms with Gasteiger partial charge in [-0.15, -0.1) is 11.3 Å². The lowest BCUT2D eigenvalue weighted by molar-refractivity contribution is 0.116. The van der Waals surface area contributed by atoms with Gasteiger partial charge >= 0.3 is 12.1 Å². The maximum Gasteiger partial charge on any atom is 0.412 e. The highest BCUT2D eigenvalue weighted by Crippen LogP contribution is 2.42. The lowest BCUT2D eigenvalue weighted by Crippen LogP contribution is -2.46. The minimum Gasteiger partial charge on any atom is -0.495 e. The Bertz CT molecular complexity index is 1840. The van der Waals surface area contributed by atoms with Gasteiger partial charge in [0.25, 0.3) is 0 Å². The van der Waals surface area contributed by atoms with Gasteiger partial charge in [0.05, 0.1) is 53.8 Å². The number of hydrogen-bond acceptors (Lipinski definition) is 10. The van der Waals surface area contributed by atoms with E-state index in [0.717, 1.165) is 10.3 Å². The van der Waals surface area contributed by atoms with Crippen molar-refractivity contribution in [1.29, 1.82) is 0 Å². The molecule has 15 heteroatoms. The lowest BCUT2D eigenvalue weighted by atomic mass is 10.1. The molecule has 5 aromatic rings. The Hall–Kier alpha value is -4.04. The number of aromatic nitrogens is 4. The third-order valence-corrected chi connectivity index (χ3v) is 8.27. The van der Waals surface area contributed by atoms with Crippen molar-refractivity contribution in [1.82, 2.24) is 19.9 Å².